The van der Waals surface area contributed by atoms with Crippen molar-refractivity contribution in [3.8, 4) is 0 Å². The van der Waals surface area contributed by atoms with Gasteiger partial charge in [0.1, 0.15) is 0 Å². The lowest BCUT2D eigenvalue weighted by Crippen LogP contribution is -2.03. The van der Waals surface area contributed by atoms with Crippen LogP contribution in [0.15, 0.2) is 12.0 Å². The second-order valence-electron chi connectivity index (χ2n) is 1.58. The van der Waals surface area contributed by atoms with Gasteiger partial charge in [-0.25, -0.2) is 0 Å². The van der Waals surface area contributed by atoms with Gasteiger partial charge in [-0.15, -0.1) is 8.58 Å². The fourth-order valence-corrected chi connectivity index (χ4v) is 0.654. The summed E-state index contributed by atoms with van der Waals surface area (Å²) < 4.78 is 0. The largest absolute Gasteiger partial charge is 0.391 e. The molecule has 1 nitrogen and oxygen atoms in total. The van der Waals surface area contributed by atoms with Crippen LogP contribution in [0, 0.1) is 0 Å². The van der Waals surface area contributed by atoms with Crippen LogP contribution in [0.25, 0.3) is 0 Å². The summed E-state index contributed by atoms with van der Waals surface area (Å²) in [5, 5.41) is 3.16. The Balaban J connectivity index is 2.80. The summed E-state index contributed by atoms with van der Waals surface area (Å²) in [5.74, 6) is 2.15. The Kier molecular flexibility index (Phi) is 6.94. The van der Waals surface area contributed by atoms with Crippen molar-refractivity contribution in [2.24, 2.45) is 0 Å². The third-order valence-electron chi connectivity index (χ3n) is 0.762. The first-order chi connectivity index (χ1) is 3.91. The molecule has 0 rings (SSSR count). The molecule has 1 atom stereocenters. The molecule has 0 radical (unpaired) electrons. The quantitative estimate of drug-likeness (QED) is 0.453. The smallest absolute Gasteiger partial charge is 0.0138 e. The first-order valence-electron chi connectivity index (χ1n) is 2.97. The maximum absolute atomic E-state index is 3.16. The molecular weight excluding hydrogens is 117 g/mol. The molecule has 0 aromatic carbocycles. The normalized spacial score (nSPS) is 11.8. The molecule has 0 saturated carbocycles. The van der Waals surface area contributed by atoms with Crippen LogP contribution in [0.2, 0.25) is 0 Å². The van der Waals surface area contributed by atoms with Crippen molar-refractivity contribution < 1.29 is 0 Å². The lowest BCUT2D eigenvalue weighted by Gasteiger charge is -1.92. The van der Waals surface area contributed by atoms with Crippen LogP contribution >= 0.6 is 8.58 Å². The first kappa shape index (κ1) is 7.97. The van der Waals surface area contributed by atoms with E-state index in [1.807, 2.05) is 6.20 Å². The molecular formula is C6H14NP. The zero-order chi connectivity index (χ0) is 6.24. The highest BCUT2D eigenvalue weighted by molar-refractivity contribution is 7.40. The summed E-state index contributed by atoms with van der Waals surface area (Å²) in [6.07, 6.45) is 3.24. The van der Waals surface area contributed by atoms with Crippen molar-refractivity contribution >= 4 is 8.58 Å². The Hall–Kier alpha value is -0.0300. The fourth-order valence-electron chi connectivity index (χ4n) is 0.370. The number of hydrogen-bond donors (Lipinski definition) is 1. The van der Waals surface area contributed by atoms with Crippen LogP contribution in [0.4, 0.5) is 0 Å². The van der Waals surface area contributed by atoms with Crippen LogP contribution in [-0.4, -0.2) is 13.2 Å². The molecule has 8 heavy (non-hydrogen) atoms. The van der Waals surface area contributed by atoms with Gasteiger partial charge in [0.2, 0.25) is 0 Å². The second-order valence-corrected chi connectivity index (χ2v) is 2.49. The van der Waals surface area contributed by atoms with Crippen molar-refractivity contribution in [3.63, 3.8) is 0 Å². The summed E-state index contributed by atoms with van der Waals surface area (Å²) in [6, 6.07) is 0. The molecule has 48 valence electrons. The lowest BCUT2D eigenvalue weighted by molar-refractivity contribution is 0.810. The van der Waals surface area contributed by atoms with Gasteiger partial charge in [-0.1, -0.05) is 6.92 Å². The van der Waals surface area contributed by atoms with Crippen LogP contribution in [0.3, 0.4) is 0 Å². The van der Waals surface area contributed by atoms with Crippen molar-refractivity contribution in [1.82, 2.24) is 5.32 Å². The number of rotatable bonds is 4. The van der Waals surface area contributed by atoms with E-state index < -0.39 is 0 Å². The Bertz CT molecular complexity index is 61.5. The molecule has 0 heterocycles. The summed E-state index contributed by atoms with van der Waals surface area (Å²) in [7, 11) is 0.926. The standard InChI is InChI=1S/C6H14NP/c1-3-4-7-5-6-8-2/h5-8H,3-4H2,1-2H3. The second kappa shape index (κ2) is 6.97. The Morgan fingerprint density at radius 1 is 1.62 bits per heavy atom. The average molecular weight is 131 g/mol. The van der Waals surface area contributed by atoms with Crippen molar-refractivity contribution in [2.45, 2.75) is 13.3 Å². The third-order valence-corrected chi connectivity index (χ3v) is 1.26. The number of nitrogens with one attached hydrogen (secondary N) is 1. The molecule has 0 bridgehead atoms. The molecule has 0 saturated heterocycles. The summed E-state index contributed by atoms with van der Waals surface area (Å²) in [6.45, 7) is 5.42. The molecule has 0 aliphatic rings. The highest BCUT2D eigenvalue weighted by Gasteiger charge is 1.70. The third kappa shape index (κ3) is 5.97. The predicted octanol–water partition coefficient (Wildman–Crippen LogP) is 1.77. The molecule has 0 aliphatic heterocycles. The van der Waals surface area contributed by atoms with E-state index in [9.17, 15) is 0 Å². The van der Waals surface area contributed by atoms with Gasteiger partial charge in [0.15, 0.2) is 0 Å². The van der Waals surface area contributed by atoms with Crippen LogP contribution < -0.4 is 5.32 Å². The summed E-state index contributed by atoms with van der Waals surface area (Å²) in [5.41, 5.74) is 0. The summed E-state index contributed by atoms with van der Waals surface area (Å²) in [4.78, 5) is 0. The minimum atomic E-state index is 0.926. The van der Waals surface area contributed by atoms with Gasteiger partial charge in [-0.2, -0.15) is 0 Å². The van der Waals surface area contributed by atoms with Crippen molar-refractivity contribution in [1.29, 1.82) is 0 Å². The fraction of sp³-hybridized carbons (Fsp3) is 0.667. The monoisotopic (exact) mass is 131 g/mol. The van der Waals surface area contributed by atoms with Gasteiger partial charge in [-0.3, -0.25) is 0 Å². The minimum Gasteiger partial charge on any atom is -0.391 e. The zero-order valence-electron chi connectivity index (χ0n) is 5.57. The molecule has 1 N–H and O–H groups in total. The Morgan fingerprint density at radius 3 is 2.88 bits per heavy atom. The van der Waals surface area contributed by atoms with Gasteiger partial charge in [0.25, 0.3) is 0 Å². The molecule has 0 fully saturated rings. The van der Waals surface area contributed by atoms with Crippen molar-refractivity contribution in [3.05, 3.63) is 12.0 Å². The SMILES string of the molecule is CCCNC=CPC. The topological polar surface area (TPSA) is 12.0 Å². The van der Waals surface area contributed by atoms with Crippen LogP contribution in [0.5, 0.6) is 0 Å². The first-order valence-corrected chi connectivity index (χ1v) is 4.55. The average Bonchev–Trinajstić information content (AvgIpc) is 1.81. The van der Waals surface area contributed by atoms with E-state index in [1.54, 1.807) is 0 Å². The van der Waals surface area contributed by atoms with E-state index in [1.165, 1.54) is 6.42 Å². The molecule has 2 heteroatoms. The molecule has 1 unspecified atom stereocenters. The van der Waals surface area contributed by atoms with Crippen LogP contribution in [-0.2, 0) is 0 Å². The predicted molar refractivity (Wildman–Crippen MR) is 41.7 cm³/mol. The van der Waals surface area contributed by atoms with Gasteiger partial charge in [0.05, 0.1) is 0 Å². The van der Waals surface area contributed by atoms with Crippen LogP contribution in [0.1, 0.15) is 13.3 Å². The van der Waals surface area contributed by atoms with E-state index in [-0.39, 0.29) is 0 Å². The minimum absolute atomic E-state index is 0.926. The molecule has 0 amide bonds. The van der Waals surface area contributed by atoms with Crippen molar-refractivity contribution in [2.75, 3.05) is 13.2 Å². The van der Waals surface area contributed by atoms with Gasteiger partial charge in [0, 0.05) is 6.54 Å². The Morgan fingerprint density at radius 2 is 2.38 bits per heavy atom. The zero-order valence-corrected chi connectivity index (χ0v) is 6.57. The van der Waals surface area contributed by atoms with E-state index in [0.717, 1.165) is 15.1 Å². The molecule has 0 aromatic heterocycles. The van der Waals surface area contributed by atoms with Gasteiger partial charge in [-0.05, 0) is 25.1 Å². The van der Waals surface area contributed by atoms with Gasteiger partial charge >= 0.3 is 0 Å². The van der Waals surface area contributed by atoms with E-state index in [0.29, 0.717) is 0 Å². The highest BCUT2D eigenvalue weighted by Crippen LogP contribution is 2.00. The lowest BCUT2D eigenvalue weighted by atomic mass is 10.5. The van der Waals surface area contributed by atoms with Gasteiger partial charge < -0.3 is 5.32 Å². The van der Waals surface area contributed by atoms with E-state index in [2.05, 4.69) is 24.7 Å². The highest BCUT2D eigenvalue weighted by atomic mass is 31.1. The maximum atomic E-state index is 3.16. The Labute approximate surface area is 53.3 Å². The molecule has 0 aliphatic carbocycles. The van der Waals surface area contributed by atoms with E-state index in [4.69, 9.17) is 0 Å². The molecule has 0 spiro atoms. The number of hydrogen-bond acceptors (Lipinski definition) is 1. The maximum Gasteiger partial charge on any atom is 0.0138 e. The van der Waals surface area contributed by atoms with E-state index >= 15 is 0 Å². The summed E-state index contributed by atoms with van der Waals surface area (Å²) >= 11 is 0. The molecule has 0 aromatic rings.